The molecule has 102 valence electrons. The van der Waals surface area contributed by atoms with Crippen LogP contribution in [0.15, 0.2) is 0 Å². The van der Waals surface area contributed by atoms with Gasteiger partial charge >= 0.3 is 0 Å². The van der Waals surface area contributed by atoms with Crippen LogP contribution >= 0.6 is 0 Å². The predicted molar refractivity (Wildman–Crippen MR) is 75.2 cm³/mol. The van der Waals surface area contributed by atoms with Crippen molar-refractivity contribution in [2.75, 3.05) is 31.1 Å². The van der Waals surface area contributed by atoms with Crippen molar-refractivity contribution in [2.45, 2.75) is 33.1 Å². The Balaban J connectivity index is 2.42. The SMILES string of the molecule is CCc1nnc(N2CCCNCC2)c(C#N)c1CC. The van der Waals surface area contributed by atoms with Crippen LogP contribution in [0.3, 0.4) is 0 Å². The van der Waals surface area contributed by atoms with E-state index < -0.39 is 0 Å². The maximum atomic E-state index is 9.49. The van der Waals surface area contributed by atoms with Gasteiger partial charge in [0.05, 0.1) is 5.69 Å². The van der Waals surface area contributed by atoms with Gasteiger partial charge in [-0.25, -0.2) is 0 Å². The van der Waals surface area contributed by atoms with E-state index in [9.17, 15) is 5.26 Å². The molecule has 0 unspecified atom stereocenters. The normalized spacial score (nSPS) is 15.9. The van der Waals surface area contributed by atoms with E-state index >= 15 is 0 Å². The Bertz CT molecular complexity index is 469. The summed E-state index contributed by atoms with van der Waals surface area (Å²) in [4.78, 5) is 2.18. The van der Waals surface area contributed by atoms with Crippen molar-refractivity contribution in [3.05, 3.63) is 16.8 Å². The van der Waals surface area contributed by atoms with Crippen LogP contribution in [0, 0.1) is 11.3 Å². The third kappa shape index (κ3) is 2.85. The van der Waals surface area contributed by atoms with Crippen molar-refractivity contribution in [1.29, 1.82) is 5.26 Å². The minimum atomic E-state index is 0.719. The first-order valence-corrected chi connectivity index (χ1v) is 7.06. The Morgan fingerprint density at radius 1 is 1.21 bits per heavy atom. The standard InChI is InChI=1S/C14H21N5/c1-3-11-12(10-15)14(18-17-13(11)4-2)19-8-5-6-16-7-9-19/h16H,3-9H2,1-2H3. The number of anilines is 1. The van der Waals surface area contributed by atoms with Crippen molar-refractivity contribution in [3.8, 4) is 6.07 Å². The number of nitrogens with zero attached hydrogens (tertiary/aromatic N) is 4. The Kier molecular flexibility index (Phi) is 4.69. The molecule has 5 nitrogen and oxygen atoms in total. The number of aromatic nitrogens is 2. The second-order valence-electron chi connectivity index (χ2n) is 4.73. The zero-order chi connectivity index (χ0) is 13.7. The van der Waals surface area contributed by atoms with Crippen LogP contribution in [-0.2, 0) is 12.8 Å². The third-order valence-corrected chi connectivity index (χ3v) is 3.58. The van der Waals surface area contributed by atoms with Crippen molar-refractivity contribution in [3.63, 3.8) is 0 Å². The molecule has 0 bridgehead atoms. The van der Waals surface area contributed by atoms with Gasteiger partial charge in [-0.2, -0.15) is 10.4 Å². The Hall–Kier alpha value is -1.67. The summed E-state index contributed by atoms with van der Waals surface area (Å²) in [6.07, 6.45) is 2.73. The zero-order valence-electron chi connectivity index (χ0n) is 11.7. The van der Waals surface area contributed by atoms with Gasteiger partial charge in [-0.15, -0.1) is 5.10 Å². The lowest BCUT2D eigenvalue weighted by Gasteiger charge is -2.23. The lowest BCUT2D eigenvalue weighted by molar-refractivity contribution is 0.724. The molecule has 0 amide bonds. The smallest absolute Gasteiger partial charge is 0.169 e. The highest BCUT2D eigenvalue weighted by atomic mass is 15.3. The number of rotatable bonds is 3. The Labute approximate surface area is 114 Å². The van der Waals surface area contributed by atoms with Crippen LogP contribution in [-0.4, -0.2) is 36.4 Å². The summed E-state index contributed by atoms with van der Waals surface area (Å²) >= 11 is 0. The van der Waals surface area contributed by atoms with Gasteiger partial charge in [0.2, 0.25) is 0 Å². The molecule has 1 aromatic rings. The van der Waals surface area contributed by atoms with E-state index in [1.807, 2.05) is 0 Å². The van der Waals surface area contributed by atoms with E-state index in [-0.39, 0.29) is 0 Å². The Morgan fingerprint density at radius 2 is 2.05 bits per heavy atom. The van der Waals surface area contributed by atoms with Crippen LogP contribution in [0.4, 0.5) is 5.82 Å². The van der Waals surface area contributed by atoms with Crippen molar-refractivity contribution in [1.82, 2.24) is 15.5 Å². The molecule has 1 aliphatic heterocycles. The van der Waals surface area contributed by atoms with Gasteiger partial charge in [0.1, 0.15) is 11.6 Å². The van der Waals surface area contributed by atoms with Crippen molar-refractivity contribution < 1.29 is 0 Å². The minimum Gasteiger partial charge on any atom is -0.353 e. The van der Waals surface area contributed by atoms with Crippen LogP contribution in [0.1, 0.15) is 37.1 Å². The van der Waals surface area contributed by atoms with Crippen LogP contribution in [0.5, 0.6) is 0 Å². The fourth-order valence-electron chi connectivity index (χ4n) is 2.56. The van der Waals surface area contributed by atoms with Gasteiger partial charge in [0, 0.05) is 19.6 Å². The lowest BCUT2D eigenvalue weighted by Crippen LogP contribution is -2.30. The van der Waals surface area contributed by atoms with E-state index in [0.717, 1.165) is 68.1 Å². The number of aryl methyl sites for hydroxylation is 1. The molecule has 0 spiro atoms. The molecule has 5 heteroatoms. The van der Waals surface area contributed by atoms with E-state index in [1.165, 1.54) is 0 Å². The first-order valence-electron chi connectivity index (χ1n) is 7.06. The minimum absolute atomic E-state index is 0.719. The molecule has 1 fully saturated rings. The molecule has 0 atom stereocenters. The topological polar surface area (TPSA) is 64.8 Å². The Morgan fingerprint density at radius 3 is 2.74 bits per heavy atom. The highest BCUT2D eigenvalue weighted by Crippen LogP contribution is 2.23. The van der Waals surface area contributed by atoms with E-state index in [4.69, 9.17) is 0 Å². The molecule has 0 aromatic carbocycles. The van der Waals surface area contributed by atoms with Crippen LogP contribution < -0.4 is 10.2 Å². The van der Waals surface area contributed by atoms with Gasteiger partial charge in [-0.3, -0.25) is 0 Å². The monoisotopic (exact) mass is 259 g/mol. The summed E-state index contributed by atoms with van der Waals surface area (Å²) in [5.41, 5.74) is 2.74. The highest BCUT2D eigenvalue weighted by molar-refractivity contribution is 5.58. The fourth-order valence-corrected chi connectivity index (χ4v) is 2.56. The molecule has 1 aliphatic rings. The van der Waals surface area contributed by atoms with E-state index in [1.54, 1.807) is 0 Å². The van der Waals surface area contributed by atoms with E-state index in [0.29, 0.717) is 0 Å². The molecule has 1 saturated heterocycles. The number of nitrogens with one attached hydrogen (secondary N) is 1. The summed E-state index contributed by atoms with van der Waals surface area (Å²) < 4.78 is 0. The summed E-state index contributed by atoms with van der Waals surface area (Å²) in [6.45, 7) is 7.91. The molecular formula is C14H21N5. The van der Waals surface area contributed by atoms with Crippen LogP contribution in [0.25, 0.3) is 0 Å². The largest absolute Gasteiger partial charge is 0.353 e. The summed E-state index contributed by atoms with van der Waals surface area (Å²) in [5.74, 6) is 0.764. The fraction of sp³-hybridized carbons (Fsp3) is 0.643. The third-order valence-electron chi connectivity index (χ3n) is 3.58. The van der Waals surface area contributed by atoms with E-state index in [2.05, 4.69) is 40.3 Å². The first kappa shape index (κ1) is 13.8. The summed E-state index contributed by atoms with van der Waals surface area (Å²) in [6, 6.07) is 2.34. The maximum Gasteiger partial charge on any atom is 0.169 e. The quantitative estimate of drug-likeness (QED) is 0.885. The predicted octanol–water partition coefficient (Wildman–Crippen LogP) is 1.27. The second-order valence-corrected chi connectivity index (χ2v) is 4.73. The second kappa shape index (κ2) is 6.48. The average Bonchev–Trinajstić information content (AvgIpc) is 2.74. The van der Waals surface area contributed by atoms with Crippen molar-refractivity contribution in [2.24, 2.45) is 0 Å². The molecule has 2 rings (SSSR count). The highest BCUT2D eigenvalue weighted by Gasteiger charge is 2.19. The molecule has 2 heterocycles. The van der Waals surface area contributed by atoms with Gasteiger partial charge < -0.3 is 10.2 Å². The lowest BCUT2D eigenvalue weighted by atomic mass is 10.0. The molecule has 1 aromatic heterocycles. The average molecular weight is 259 g/mol. The van der Waals surface area contributed by atoms with Gasteiger partial charge in [0.25, 0.3) is 0 Å². The molecule has 1 N–H and O–H groups in total. The summed E-state index contributed by atoms with van der Waals surface area (Å²) in [5, 5.41) is 21.5. The van der Waals surface area contributed by atoms with Gasteiger partial charge in [-0.1, -0.05) is 13.8 Å². The number of hydrogen-bond acceptors (Lipinski definition) is 5. The molecular weight excluding hydrogens is 238 g/mol. The van der Waals surface area contributed by atoms with Gasteiger partial charge in [-0.05, 0) is 31.4 Å². The van der Waals surface area contributed by atoms with Crippen molar-refractivity contribution >= 4 is 5.82 Å². The first-order chi connectivity index (χ1) is 9.31. The zero-order valence-corrected chi connectivity index (χ0v) is 11.7. The summed E-state index contributed by atoms with van der Waals surface area (Å²) in [7, 11) is 0. The van der Waals surface area contributed by atoms with Crippen LogP contribution in [0.2, 0.25) is 0 Å². The molecule has 0 radical (unpaired) electrons. The maximum absolute atomic E-state index is 9.49. The molecule has 0 aliphatic carbocycles. The number of nitriles is 1. The molecule has 19 heavy (non-hydrogen) atoms. The number of hydrogen-bond donors (Lipinski definition) is 1. The van der Waals surface area contributed by atoms with Gasteiger partial charge in [0.15, 0.2) is 5.82 Å². The molecule has 0 saturated carbocycles.